The molecule has 1 N–H and O–H groups in total. The first-order chi connectivity index (χ1) is 12.4. The molecule has 2 aromatic carbocycles. The second-order valence-corrected chi connectivity index (χ2v) is 5.94. The van der Waals surface area contributed by atoms with E-state index in [9.17, 15) is 18.0 Å². The third kappa shape index (κ3) is 5.00. The molecule has 2 aromatic rings. The third-order valence-corrected chi connectivity index (χ3v) is 4.04. The first kappa shape index (κ1) is 19.8. The standard InChI is InChI=1S/C20H22F3NO2/c1-3-12-24-19(25)26-18-11-6-5-10-17(18)16(4-2)14-8-7-9-15(13-14)20(21,22)23/h5-11,13,16H,3-4,12H2,1-2H3,(H,24,25). The topological polar surface area (TPSA) is 38.3 Å². The predicted octanol–water partition coefficient (Wildman–Crippen LogP) is 5.75. The number of ether oxygens (including phenoxy) is 1. The molecule has 0 aliphatic carbocycles. The van der Waals surface area contributed by atoms with Gasteiger partial charge < -0.3 is 10.1 Å². The highest BCUT2D eigenvalue weighted by Gasteiger charge is 2.31. The van der Waals surface area contributed by atoms with Crippen LogP contribution in [0.1, 0.15) is 49.3 Å². The Labute approximate surface area is 151 Å². The van der Waals surface area contributed by atoms with E-state index >= 15 is 0 Å². The SMILES string of the molecule is CCCNC(=O)Oc1ccccc1C(CC)c1cccc(C(F)(F)F)c1. The van der Waals surface area contributed by atoms with Crippen LogP contribution in [-0.2, 0) is 6.18 Å². The van der Waals surface area contributed by atoms with E-state index in [1.165, 1.54) is 6.07 Å². The second kappa shape index (κ2) is 8.74. The monoisotopic (exact) mass is 365 g/mol. The minimum absolute atomic E-state index is 0.313. The van der Waals surface area contributed by atoms with Crippen LogP contribution in [0.3, 0.4) is 0 Å². The molecule has 1 unspecified atom stereocenters. The Kier molecular flexibility index (Phi) is 6.66. The van der Waals surface area contributed by atoms with Gasteiger partial charge in [0.1, 0.15) is 5.75 Å². The maximum absolute atomic E-state index is 13.0. The number of nitrogens with one attached hydrogen (secondary N) is 1. The highest BCUT2D eigenvalue weighted by Crippen LogP contribution is 2.37. The maximum atomic E-state index is 13.0. The first-order valence-corrected chi connectivity index (χ1v) is 8.58. The van der Waals surface area contributed by atoms with Gasteiger partial charge in [-0.1, -0.05) is 50.2 Å². The summed E-state index contributed by atoms with van der Waals surface area (Å²) in [7, 11) is 0. The van der Waals surface area contributed by atoms with Crippen molar-refractivity contribution in [3.63, 3.8) is 0 Å². The van der Waals surface area contributed by atoms with Crippen molar-refractivity contribution in [1.29, 1.82) is 0 Å². The van der Waals surface area contributed by atoms with Crippen molar-refractivity contribution in [2.24, 2.45) is 0 Å². The summed E-state index contributed by atoms with van der Waals surface area (Å²) in [5, 5.41) is 2.62. The lowest BCUT2D eigenvalue weighted by Gasteiger charge is -2.20. The molecule has 0 spiro atoms. The Morgan fingerprint density at radius 1 is 1.12 bits per heavy atom. The van der Waals surface area contributed by atoms with Gasteiger partial charge in [-0.2, -0.15) is 13.2 Å². The van der Waals surface area contributed by atoms with E-state index in [0.717, 1.165) is 18.6 Å². The van der Waals surface area contributed by atoms with Gasteiger partial charge in [-0.3, -0.25) is 0 Å². The van der Waals surface area contributed by atoms with Crippen molar-refractivity contribution in [3.05, 3.63) is 65.2 Å². The molecule has 26 heavy (non-hydrogen) atoms. The summed E-state index contributed by atoms with van der Waals surface area (Å²) in [5.74, 6) is 0.0397. The fourth-order valence-corrected chi connectivity index (χ4v) is 2.79. The molecule has 0 radical (unpaired) electrons. The highest BCUT2D eigenvalue weighted by molar-refractivity contribution is 5.71. The molecule has 140 valence electrons. The van der Waals surface area contributed by atoms with Gasteiger partial charge in [0.2, 0.25) is 0 Å². The zero-order valence-electron chi connectivity index (χ0n) is 14.8. The molecule has 0 saturated heterocycles. The van der Waals surface area contributed by atoms with E-state index in [1.54, 1.807) is 30.3 Å². The lowest BCUT2D eigenvalue weighted by molar-refractivity contribution is -0.137. The second-order valence-electron chi connectivity index (χ2n) is 5.94. The van der Waals surface area contributed by atoms with E-state index in [0.29, 0.717) is 29.8 Å². The lowest BCUT2D eigenvalue weighted by atomic mass is 9.87. The van der Waals surface area contributed by atoms with Gasteiger partial charge in [-0.05, 0) is 30.5 Å². The molecule has 0 heterocycles. The molecular formula is C20H22F3NO2. The van der Waals surface area contributed by atoms with Crippen LogP contribution in [0.25, 0.3) is 0 Å². The van der Waals surface area contributed by atoms with Crippen LogP contribution >= 0.6 is 0 Å². The summed E-state index contributed by atoms with van der Waals surface area (Å²) < 4.78 is 44.5. The van der Waals surface area contributed by atoms with Crippen LogP contribution in [0.15, 0.2) is 48.5 Å². The van der Waals surface area contributed by atoms with Crippen LogP contribution in [0.4, 0.5) is 18.0 Å². The minimum atomic E-state index is -4.40. The smallest absolute Gasteiger partial charge is 0.410 e. The zero-order valence-corrected chi connectivity index (χ0v) is 14.8. The molecule has 0 aromatic heterocycles. The van der Waals surface area contributed by atoms with Crippen LogP contribution in [0.2, 0.25) is 0 Å². The quantitative estimate of drug-likeness (QED) is 0.708. The van der Waals surface area contributed by atoms with Gasteiger partial charge >= 0.3 is 12.3 Å². The molecule has 2 rings (SSSR count). The van der Waals surface area contributed by atoms with E-state index in [4.69, 9.17) is 4.74 Å². The van der Waals surface area contributed by atoms with Crippen LogP contribution < -0.4 is 10.1 Å². The van der Waals surface area contributed by atoms with E-state index in [1.807, 2.05) is 13.8 Å². The number of rotatable bonds is 6. The van der Waals surface area contributed by atoms with E-state index in [2.05, 4.69) is 5.32 Å². The molecule has 0 aliphatic heterocycles. The van der Waals surface area contributed by atoms with Crippen LogP contribution in [0.5, 0.6) is 5.75 Å². The van der Waals surface area contributed by atoms with Crippen LogP contribution in [-0.4, -0.2) is 12.6 Å². The Hall–Kier alpha value is -2.50. The summed E-state index contributed by atoms with van der Waals surface area (Å²) >= 11 is 0. The van der Waals surface area contributed by atoms with Crippen molar-refractivity contribution in [3.8, 4) is 5.75 Å². The average molecular weight is 365 g/mol. The van der Waals surface area contributed by atoms with Crippen molar-refractivity contribution in [1.82, 2.24) is 5.32 Å². The summed E-state index contributed by atoms with van der Waals surface area (Å²) in [4.78, 5) is 11.9. The van der Waals surface area contributed by atoms with Crippen LogP contribution in [0, 0.1) is 0 Å². The van der Waals surface area contributed by atoms with Crippen molar-refractivity contribution < 1.29 is 22.7 Å². The van der Waals surface area contributed by atoms with Gasteiger partial charge in [-0.15, -0.1) is 0 Å². The number of hydrogen-bond acceptors (Lipinski definition) is 2. The molecule has 6 heteroatoms. The van der Waals surface area contributed by atoms with E-state index in [-0.39, 0.29) is 5.92 Å². The predicted molar refractivity (Wildman–Crippen MR) is 94.3 cm³/mol. The Balaban J connectivity index is 2.35. The van der Waals surface area contributed by atoms with Gasteiger partial charge in [-0.25, -0.2) is 4.79 Å². The molecule has 0 aliphatic rings. The van der Waals surface area contributed by atoms with Crippen molar-refractivity contribution in [2.45, 2.75) is 38.8 Å². The Bertz CT molecular complexity index is 744. The Morgan fingerprint density at radius 2 is 1.85 bits per heavy atom. The normalized spacial score (nSPS) is 12.5. The number of hydrogen-bond donors (Lipinski definition) is 1. The molecule has 1 amide bonds. The molecule has 0 saturated carbocycles. The fourth-order valence-electron chi connectivity index (χ4n) is 2.79. The number of alkyl halides is 3. The van der Waals surface area contributed by atoms with E-state index < -0.39 is 17.8 Å². The zero-order chi connectivity index (χ0) is 19.2. The number of para-hydroxylation sites is 1. The average Bonchev–Trinajstić information content (AvgIpc) is 2.61. The van der Waals surface area contributed by atoms with Gasteiger partial charge in [0.25, 0.3) is 0 Å². The fraction of sp³-hybridized carbons (Fsp3) is 0.350. The van der Waals surface area contributed by atoms with Crippen molar-refractivity contribution in [2.75, 3.05) is 6.54 Å². The lowest BCUT2D eigenvalue weighted by Crippen LogP contribution is -2.27. The minimum Gasteiger partial charge on any atom is -0.410 e. The number of halogens is 3. The van der Waals surface area contributed by atoms with Gasteiger partial charge in [0.15, 0.2) is 0 Å². The highest BCUT2D eigenvalue weighted by atomic mass is 19.4. The number of amides is 1. The Morgan fingerprint density at radius 3 is 2.50 bits per heavy atom. The summed E-state index contributed by atoms with van der Waals surface area (Å²) in [6.07, 6.45) is -3.63. The molecule has 3 nitrogen and oxygen atoms in total. The first-order valence-electron chi connectivity index (χ1n) is 8.58. The molecular weight excluding hydrogens is 343 g/mol. The third-order valence-electron chi connectivity index (χ3n) is 4.04. The van der Waals surface area contributed by atoms with Crippen molar-refractivity contribution >= 4 is 6.09 Å². The summed E-state index contributed by atoms with van der Waals surface area (Å²) in [6.45, 7) is 4.31. The molecule has 0 bridgehead atoms. The number of carbonyl (C=O) groups is 1. The number of benzene rings is 2. The summed E-state index contributed by atoms with van der Waals surface area (Å²) in [6, 6.07) is 12.2. The van der Waals surface area contributed by atoms with Gasteiger partial charge in [0.05, 0.1) is 5.56 Å². The van der Waals surface area contributed by atoms with Gasteiger partial charge in [0, 0.05) is 18.0 Å². The summed E-state index contributed by atoms with van der Waals surface area (Å²) in [5.41, 5.74) is 0.529. The maximum Gasteiger partial charge on any atom is 0.416 e. The largest absolute Gasteiger partial charge is 0.416 e. The molecule has 1 atom stereocenters. The number of carbonyl (C=O) groups excluding carboxylic acids is 1. The molecule has 0 fully saturated rings.